The van der Waals surface area contributed by atoms with Crippen molar-refractivity contribution < 1.29 is 9.26 Å². The summed E-state index contributed by atoms with van der Waals surface area (Å²) in [5.41, 5.74) is 1.92. The van der Waals surface area contributed by atoms with Crippen molar-refractivity contribution in [2.24, 2.45) is 0 Å². The second-order valence-corrected chi connectivity index (χ2v) is 8.75. The lowest BCUT2D eigenvalue weighted by atomic mass is 10.1. The van der Waals surface area contributed by atoms with Gasteiger partial charge in [-0.05, 0) is 55.7 Å². The summed E-state index contributed by atoms with van der Waals surface area (Å²) in [5.74, 6) is 1.76. The monoisotopic (exact) mass is 411 g/mol. The van der Waals surface area contributed by atoms with Crippen LogP contribution in [0, 0.1) is 0 Å². The Hall–Kier alpha value is -2.07. The Morgan fingerprint density at radius 3 is 2.41 bits per heavy atom. The largest absolute Gasteiger partial charge is 0.494 e. The van der Waals surface area contributed by atoms with Gasteiger partial charge in [-0.15, -0.1) is 11.3 Å². The van der Waals surface area contributed by atoms with Crippen LogP contribution < -0.4 is 4.74 Å². The summed E-state index contributed by atoms with van der Waals surface area (Å²) in [4.78, 5) is 2.56. The van der Waals surface area contributed by atoms with Gasteiger partial charge in [-0.2, -0.15) is 0 Å². The predicted molar refractivity (Wildman–Crippen MR) is 123 cm³/mol. The Morgan fingerprint density at radius 2 is 1.62 bits per heavy atom. The fourth-order valence-corrected chi connectivity index (χ4v) is 4.32. The van der Waals surface area contributed by atoms with Crippen LogP contribution in [0.5, 0.6) is 5.75 Å². The molecule has 2 heterocycles. The number of aromatic nitrogens is 1. The minimum atomic E-state index is 0.790. The van der Waals surface area contributed by atoms with E-state index < -0.39 is 0 Å². The van der Waals surface area contributed by atoms with Gasteiger partial charge in [-0.25, -0.2) is 0 Å². The van der Waals surface area contributed by atoms with Crippen molar-refractivity contribution in [3.05, 3.63) is 47.3 Å². The average molecular weight is 412 g/mol. The number of rotatable bonds is 13. The lowest BCUT2D eigenvalue weighted by Crippen LogP contribution is -1.97. The Morgan fingerprint density at radius 1 is 0.862 bits per heavy atom. The smallest absolute Gasteiger partial charge is 0.177 e. The number of benzene rings is 1. The Balaban J connectivity index is 1.49. The molecule has 3 aromatic rings. The molecule has 29 heavy (non-hydrogen) atoms. The Bertz CT molecular complexity index is 835. The first-order chi connectivity index (χ1) is 14.3. The number of hydrogen-bond acceptors (Lipinski definition) is 4. The predicted octanol–water partition coefficient (Wildman–Crippen LogP) is 8.15. The maximum absolute atomic E-state index is 5.87. The van der Waals surface area contributed by atoms with E-state index in [9.17, 15) is 0 Å². The van der Waals surface area contributed by atoms with Crippen molar-refractivity contribution in [1.29, 1.82) is 0 Å². The molecule has 3 nitrogen and oxygen atoms in total. The number of nitrogens with zero attached hydrogens (tertiary/aromatic N) is 1. The molecule has 2 aromatic heterocycles. The van der Waals surface area contributed by atoms with Crippen LogP contribution in [0.25, 0.3) is 21.9 Å². The molecule has 1 aromatic carbocycles. The van der Waals surface area contributed by atoms with Crippen molar-refractivity contribution in [2.75, 3.05) is 6.61 Å². The molecule has 0 aliphatic rings. The normalized spacial score (nSPS) is 11.1. The average Bonchev–Trinajstić information content (AvgIpc) is 3.42. The zero-order valence-corrected chi connectivity index (χ0v) is 18.6. The molecule has 0 saturated heterocycles. The summed E-state index contributed by atoms with van der Waals surface area (Å²) in [6.07, 6.45) is 11.3. The first kappa shape index (κ1) is 21.6. The minimum Gasteiger partial charge on any atom is -0.494 e. The summed E-state index contributed by atoms with van der Waals surface area (Å²) < 4.78 is 11.5. The SMILES string of the molecule is CCCCCCCCOc1ccc(-c2cc(-c3ccc(CCCC)s3)on2)cc1. The zero-order chi connectivity index (χ0) is 20.3. The molecule has 0 atom stereocenters. The highest BCUT2D eigenvalue weighted by atomic mass is 32.1. The molecule has 0 spiro atoms. The third-order valence-corrected chi connectivity index (χ3v) is 6.27. The lowest BCUT2D eigenvalue weighted by Gasteiger charge is -2.06. The van der Waals surface area contributed by atoms with Crippen LogP contribution in [0.1, 0.15) is 70.1 Å². The van der Waals surface area contributed by atoms with Crippen molar-refractivity contribution in [2.45, 2.75) is 71.6 Å². The minimum absolute atomic E-state index is 0.790. The fraction of sp³-hybridized carbons (Fsp3) is 0.480. The number of thiophene rings is 1. The Kier molecular flexibility index (Phi) is 8.82. The van der Waals surface area contributed by atoms with Crippen LogP contribution in [0.4, 0.5) is 0 Å². The Labute approximate surface area is 179 Å². The van der Waals surface area contributed by atoms with Crippen LogP contribution in [-0.2, 0) is 6.42 Å². The number of aryl methyl sites for hydroxylation is 1. The van der Waals surface area contributed by atoms with Crippen molar-refractivity contribution >= 4 is 11.3 Å². The van der Waals surface area contributed by atoms with E-state index in [1.54, 1.807) is 11.3 Å². The number of ether oxygens (including phenoxy) is 1. The molecular weight excluding hydrogens is 378 g/mol. The quantitative estimate of drug-likeness (QED) is 0.266. The van der Waals surface area contributed by atoms with Gasteiger partial charge >= 0.3 is 0 Å². The van der Waals surface area contributed by atoms with Gasteiger partial charge in [0, 0.05) is 16.5 Å². The van der Waals surface area contributed by atoms with Gasteiger partial charge in [0.2, 0.25) is 0 Å². The molecule has 0 unspecified atom stereocenters. The van der Waals surface area contributed by atoms with Crippen LogP contribution in [-0.4, -0.2) is 11.8 Å². The van der Waals surface area contributed by atoms with Gasteiger partial charge < -0.3 is 9.26 Å². The van der Waals surface area contributed by atoms with Crippen molar-refractivity contribution in [3.8, 4) is 27.6 Å². The van der Waals surface area contributed by atoms with Gasteiger partial charge in [0.25, 0.3) is 0 Å². The van der Waals surface area contributed by atoms with Gasteiger partial charge in [-0.1, -0.05) is 57.5 Å². The third-order valence-electron chi connectivity index (χ3n) is 5.11. The molecule has 0 aliphatic carbocycles. The zero-order valence-electron chi connectivity index (χ0n) is 17.8. The number of unbranched alkanes of at least 4 members (excludes halogenated alkanes) is 6. The van der Waals surface area contributed by atoms with Gasteiger partial charge in [0.15, 0.2) is 5.76 Å². The van der Waals surface area contributed by atoms with E-state index in [0.717, 1.165) is 47.1 Å². The van der Waals surface area contributed by atoms with Gasteiger partial charge in [-0.3, -0.25) is 0 Å². The van der Waals surface area contributed by atoms with Crippen molar-refractivity contribution in [3.63, 3.8) is 0 Å². The highest BCUT2D eigenvalue weighted by molar-refractivity contribution is 7.15. The molecule has 0 fully saturated rings. The maximum Gasteiger partial charge on any atom is 0.177 e. The second kappa shape index (κ2) is 11.8. The molecule has 0 aliphatic heterocycles. The summed E-state index contributed by atoms with van der Waals surface area (Å²) >= 11 is 1.80. The first-order valence-electron chi connectivity index (χ1n) is 11.1. The highest BCUT2D eigenvalue weighted by Crippen LogP contribution is 2.32. The molecule has 0 radical (unpaired) electrons. The summed E-state index contributed by atoms with van der Waals surface area (Å²) in [6, 6.07) is 14.5. The molecular formula is C25H33NO2S. The molecule has 0 N–H and O–H groups in total. The summed E-state index contributed by atoms with van der Waals surface area (Å²) in [6.45, 7) is 5.26. The van der Waals surface area contributed by atoms with Gasteiger partial charge in [0.05, 0.1) is 11.5 Å². The lowest BCUT2D eigenvalue weighted by molar-refractivity contribution is 0.304. The standard InChI is InChI=1S/C25H33NO2S/c1-3-5-7-8-9-10-18-27-21-14-12-20(13-15-21)23-19-24(28-26-23)25-17-16-22(29-25)11-6-4-2/h12-17,19H,3-11,18H2,1-2H3. The molecule has 156 valence electrons. The van der Waals surface area contributed by atoms with E-state index in [-0.39, 0.29) is 0 Å². The van der Waals surface area contributed by atoms with E-state index in [0.29, 0.717) is 0 Å². The fourth-order valence-electron chi connectivity index (χ4n) is 3.32. The third kappa shape index (κ3) is 6.74. The molecule has 3 rings (SSSR count). The summed E-state index contributed by atoms with van der Waals surface area (Å²) in [5, 5.41) is 4.27. The van der Waals surface area contributed by atoms with Gasteiger partial charge in [0.1, 0.15) is 11.4 Å². The van der Waals surface area contributed by atoms with Crippen LogP contribution in [0.2, 0.25) is 0 Å². The first-order valence-corrected chi connectivity index (χ1v) is 11.9. The molecule has 0 saturated carbocycles. The number of hydrogen-bond donors (Lipinski definition) is 0. The van der Waals surface area contributed by atoms with E-state index in [2.05, 4.69) is 43.3 Å². The van der Waals surface area contributed by atoms with Crippen LogP contribution in [0.3, 0.4) is 0 Å². The highest BCUT2D eigenvalue weighted by Gasteiger charge is 2.11. The molecule has 4 heteroatoms. The topological polar surface area (TPSA) is 35.3 Å². The van der Waals surface area contributed by atoms with Crippen LogP contribution in [0.15, 0.2) is 47.0 Å². The second-order valence-electron chi connectivity index (χ2n) is 7.59. The maximum atomic E-state index is 5.87. The van der Waals surface area contributed by atoms with E-state index in [1.807, 2.05) is 18.2 Å². The van der Waals surface area contributed by atoms with E-state index in [4.69, 9.17) is 9.26 Å². The van der Waals surface area contributed by atoms with Crippen molar-refractivity contribution in [1.82, 2.24) is 5.16 Å². The van der Waals surface area contributed by atoms with Crippen LogP contribution >= 0.6 is 11.3 Å². The molecule has 0 amide bonds. The molecule has 0 bridgehead atoms. The van der Waals surface area contributed by atoms with E-state index in [1.165, 1.54) is 49.8 Å². The van der Waals surface area contributed by atoms with E-state index >= 15 is 0 Å². The summed E-state index contributed by atoms with van der Waals surface area (Å²) in [7, 11) is 0.